The summed E-state index contributed by atoms with van der Waals surface area (Å²) in [5.74, 6) is 0.275. The fourth-order valence-electron chi connectivity index (χ4n) is 1.51. The van der Waals surface area contributed by atoms with E-state index in [1.165, 1.54) is 11.1 Å². The molecule has 0 unspecified atom stereocenters. The van der Waals surface area contributed by atoms with Crippen LogP contribution in [0.3, 0.4) is 0 Å². The molecule has 16 heavy (non-hydrogen) atoms. The number of oxime groups is 1. The van der Waals surface area contributed by atoms with Gasteiger partial charge in [-0.2, -0.15) is 0 Å². The molecule has 4 nitrogen and oxygen atoms in total. The van der Waals surface area contributed by atoms with Gasteiger partial charge in [-0.15, -0.1) is 0 Å². The van der Waals surface area contributed by atoms with Crippen LogP contribution < -0.4 is 5.73 Å². The van der Waals surface area contributed by atoms with Crippen LogP contribution in [0.2, 0.25) is 0 Å². The van der Waals surface area contributed by atoms with Crippen LogP contribution in [-0.2, 0) is 6.54 Å². The van der Waals surface area contributed by atoms with Gasteiger partial charge in [0.2, 0.25) is 0 Å². The normalized spacial score (nSPS) is 12.1. The molecular formula is C12H19N3O. The van der Waals surface area contributed by atoms with E-state index in [0.29, 0.717) is 6.42 Å². The number of aryl methyl sites for hydroxylation is 1. The lowest BCUT2D eigenvalue weighted by Crippen LogP contribution is -2.24. The Morgan fingerprint density at radius 3 is 2.75 bits per heavy atom. The molecule has 0 radical (unpaired) electrons. The molecule has 0 saturated carbocycles. The monoisotopic (exact) mass is 221 g/mol. The number of hydrogen-bond donors (Lipinski definition) is 2. The minimum Gasteiger partial charge on any atom is -0.409 e. The van der Waals surface area contributed by atoms with Gasteiger partial charge < -0.3 is 15.8 Å². The van der Waals surface area contributed by atoms with Gasteiger partial charge in [0.15, 0.2) is 0 Å². The van der Waals surface area contributed by atoms with Crippen LogP contribution in [0, 0.1) is 6.92 Å². The summed E-state index contributed by atoms with van der Waals surface area (Å²) in [6.07, 6.45) is 0.582. The minimum absolute atomic E-state index is 0.275. The smallest absolute Gasteiger partial charge is 0.140 e. The highest BCUT2D eigenvalue weighted by Crippen LogP contribution is 2.09. The Bertz CT molecular complexity index is 363. The summed E-state index contributed by atoms with van der Waals surface area (Å²) in [5, 5.41) is 11.4. The van der Waals surface area contributed by atoms with Gasteiger partial charge in [-0.25, -0.2) is 0 Å². The van der Waals surface area contributed by atoms with Gasteiger partial charge in [0.05, 0.1) is 0 Å². The molecular weight excluding hydrogens is 202 g/mol. The predicted molar refractivity (Wildman–Crippen MR) is 65.5 cm³/mol. The van der Waals surface area contributed by atoms with Gasteiger partial charge in [-0.1, -0.05) is 29.4 Å². The number of nitrogens with two attached hydrogens (primary N) is 1. The van der Waals surface area contributed by atoms with Crippen molar-refractivity contribution in [3.05, 3.63) is 35.4 Å². The molecule has 1 rings (SSSR count). The fraction of sp³-hybridized carbons (Fsp3) is 0.417. The molecule has 0 atom stereocenters. The van der Waals surface area contributed by atoms with E-state index >= 15 is 0 Å². The Kier molecular flexibility index (Phi) is 4.79. The van der Waals surface area contributed by atoms with E-state index < -0.39 is 0 Å². The highest BCUT2D eigenvalue weighted by Gasteiger charge is 2.03. The number of nitrogens with zero attached hydrogens (tertiary/aromatic N) is 2. The first-order valence-electron chi connectivity index (χ1n) is 5.33. The van der Waals surface area contributed by atoms with Crippen LogP contribution in [0.4, 0.5) is 0 Å². The SMILES string of the molecule is Cc1ccccc1CN(C)CC/C(N)=N/O. The zero-order valence-electron chi connectivity index (χ0n) is 9.85. The van der Waals surface area contributed by atoms with E-state index in [1.807, 2.05) is 19.2 Å². The maximum atomic E-state index is 8.43. The molecule has 1 aromatic rings. The molecule has 88 valence electrons. The average molecular weight is 221 g/mol. The molecule has 0 amide bonds. The maximum absolute atomic E-state index is 8.43. The summed E-state index contributed by atoms with van der Waals surface area (Å²) in [6, 6.07) is 8.30. The Morgan fingerprint density at radius 2 is 2.12 bits per heavy atom. The van der Waals surface area contributed by atoms with Gasteiger partial charge >= 0.3 is 0 Å². The Hall–Kier alpha value is -1.55. The van der Waals surface area contributed by atoms with E-state index in [4.69, 9.17) is 10.9 Å². The summed E-state index contributed by atoms with van der Waals surface area (Å²) < 4.78 is 0. The molecule has 1 aromatic carbocycles. The molecule has 4 heteroatoms. The Balaban J connectivity index is 2.46. The molecule has 3 N–H and O–H groups in total. The molecule has 0 aliphatic rings. The Morgan fingerprint density at radius 1 is 1.44 bits per heavy atom. The third-order valence-electron chi connectivity index (χ3n) is 2.58. The molecule has 0 aromatic heterocycles. The molecule has 0 aliphatic heterocycles. The summed E-state index contributed by atoms with van der Waals surface area (Å²) in [7, 11) is 2.02. The van der Waals surface area contributed by atoms with Crippen LogP contribution in [0.1, 0.15) is 17.5 Å². The first-order chi connectivity index (χ1) is 7.63. The van der Waals surface area contributed by atoms with Gasteiger partial charge in [-0.3, -0.25) is 0 Å². The second-order valence-electron chi connectivity index (χ2n) is 4.01. The van der Waals surface area contributed by atoms with Crippen molar-refractivity contribution >= 4 is 5.84 Å². The van der Waals surface area contributed by atoms with Gasteiger partial charge in [0, 0.05) is 19.5 Å². The topological polar surface area (TPSA) is 61.8 Å². The zero-order chi connectivity index (χ0) is 12.0. The van der Waals surface area contributed by atoms with Crippen molar-refractivity contribution in [1.82, 2.24) is 4.90 Å². The first-order valence-corrected chi connectivity index (χ1v) is 5.33. The third-order valence-corrected chi connectivity index (χ3v) is 2.58. The second-order valence-corrected chi connectivity index (χ2v) is 4.01. The number of amidine groups is 1. The van der Waals surface area contributed by atoms with Crippen molar-refractivity contribution in [3.8, 4) is 0 Å². The highest BCUT2D eigenvalue weighted by atomic mass is 16.4. The molecule has 0 aliphatic carbocycles. The van der Waals surface area contributed by atoms with Crippen molar-refractivity contribution in [3.63, 3.8) is 0 Å². The van der Waals surface area contributed by atoms with E-state index in [1.54, 1.807) is 0 Å². The van der Waals surface area contributed by atoms with Crippen molar-refractivity contribution in [2.45, 2.75) is 19.9 Å². The second kappa shape index (κ2) is 6.12. The number of hydrogen-bond acceptors (Lipinski definition) is 3. The van der Waals surface area contributed by atoms with Crippen LogP contribution >= 0.6 is 0 Å². The van der Waals surface area contributed by atoms with Crippen molar-refractivity contribution < 1.29 is 5.21 Å². The Labute approximate surface area is 96.4 Å². The van der Waals surface area contributed by atoms with Crippen molar-refractivity contribution in [1.29, 1.82) is 0 Å². The lowest BCUT2D eigenvalue weighted by atomic mass is 10.1. The van der Waals surface area contributed by atoms with Gasteiger partial charge in [-0.05, 0) is 25.1 Å². The average Bonchev–Trinajstić information content (AvgIpc) is 2.29. The quantitative estimate of drug-likeness (QED) is 0.343. The largest absolute Gasteiger partial charge is 0.409 e. The van der Waals surface area contributed by atoms with Gasteiger partial charge in [0.25, 0.3) is 0 Å². The molecule has 0 heterocycles. The van der Waals surface area contributed by atoms with Crippen LogP contribution in [-0.4, -0.2) is 29.5 Å². The van der Waals surface area contributed by atoms with Crippen molar-refractivity contribution in [2.24, 2.45) is 10.9 Å². The molecule has 0 spiro atoms. The molecule has 0 fully saturated rings. The third kappa shape index (κ3) is 3.90. The number of benzene rings is 1. The zero-order valence-corrected chi connectivity index (χ0v) is 9.85. The summed E-state index contributed by atoms with van der Waals surface area (Å²) in [5.41, 5.74) is 8.02. The standard InChI is InChI=1S/C12H19N3O/c1-10-5-3-4-6-11(10)9-15(2)8-7-12(13)14-16/h3-6,16H,7-9H2,1-2H3,(H2,13,14). The molecule has 0 bridgehead atoms. The fourth-order valence-corrected chi connectivity index (χ4v) is 1.51. The van der Waals surface area contributed by atoms with E-state index in [2.05, 4.69) is 29.1 Å². The lowest BCUT2D eigenvalue weighted by Gasteiger charge is -2.17. The summed E-state index contributed by atoms with van der Waals surface area (Å²) >= 11 is 0. The first kappa shape index (κ1) is 12.5. The van der Waals surface area contributed by atoms with E-state index in [9.17, 15) is 0 Å². The van der Waals surface area contributed by atoms with Crippen molar-refractivity contribution in [2.75, 3.05) is 13.6 Å². The van der Waals surface area contributed by atoms with Crippen LogP contribution in [0.15, 0.2) is 29.4 Å². The molecule has 0 saturated heterocycles. The van der Waals surface area contributed by atoms with Gasteiger partial charge in [0.1, 0.15) is 5.84 Å². The summed E-state index contributed by atoms with van der Waals surface area (Å²) in [6.45, 7) is 3.77. The van der Waals surface area contributed by atoms with E-state index in [-0.39, 0.29) is 5.84 Å². The van der Waals surface area contributed by atoms with Crippen LogP contribution in [0.5, 0.6) is 0 Å². The predicted octanol–water partition coefficient (Wildman–Crippen LogP) is 1.56. The maximum Gasteiger partial charge on any atom is 0.140 e. The highest BCUT2D eigenvalue weighted by molar-refractivity contribution is 5.79. The lowest BCUT2D eigenvalue weighted by molar-refractivity contribution is 0.309. The summed E-state index contributed by atoms with van der Waals surface area (Å²) in [4.78, 5) is 2.15. The van der Waals surface area contributed by atoms with Crippen LogP contribution in [0.25, 0.3) is 0 Å². The number of rotatable bonds is 5. The minimum atomic E-state index is 0.275. The van der Waals surface area contributed by atoms with E-state index in [0.717, 1.165) is 13.1 Å².